The number of nitrogens with zero attached hydrogens (tertiary/aromatic N) is 2. The third kappa shape index (κ3) is 4.21. The normalized spacial score (nSPS) is 20.1. The fraction of sp³-hybridized carbons (Fsp3) is 0.407. The number of rotatable bonds is 8. The monoisotopic (exact) mass is 479 g/mol. The first-order valence-corrected chi connectivity index (χ1v) is 12.5. The summed E-state index contributed by atoms with van der Waals surface area (Å²) in [5, 5.41) is 1.75. The van der Waals surface area contributed by atoms with Crippen LogP contribution in [0.4, 0.5) is 0 Å². The highest BCUT2D eigenvalue weighted by Crippen LogP contribution is 2.42. The van der Waals surface area contributed by atoms with Crippen LogP contribution in [-0.2, 0) is 20.7 Å². The lowest BCUT2D eigenvalue weighted by Crippen LogP contribution is -2.63. The Morgan fingerprint density at radius 1 is 1.06 bits per heavy atom. The first-order valence-electron chi connectivity index (χ1n) is 12.1. The topological polar surface area (TPSA) is 65.6 Å². The van der Waals surface area contributed by atoms with Crippen LogP contribution in [0.25, 0.3) is 10.9 Å². The van der Waals surface area contributed by atoms with Crippen molar-refractivity contribution in [1.29, 1.82) is 0 Å². The zero-order chi connectivity index (χ0) is 23.7. The Balaban J connectivity index is 1.46. The Hall–Kier alpha value is -2.83. The van der Waals surface area contributed by atoms with Crippen LogP contribution in [0.15, 0.2) is 48.5 Å². The summed E-state index contributed by atoms with van der Waals surface area (Å²) in [5.41, 5.74) is 4.06. The second-order valence-electron chi connectivity index (χ2n) is 9.12. The average molecular weight is 480 g/mol. The van der Waals surface area contributed by atoms with Gasteiger partial charge in [-0.25, -0.2) is 0 Å². The number of benzene rings is 2. The van der Waals surface area contributed by atoms with Gasteiger partial charge in [0, 0.05) is 47.8 Å². The summed E-state index contributed by atoms with van der Waals surface area (Å²) in [4.78, 5) is 34.2. The predicted molar refractivity (Wildman–Crippen MR) is 133 cm³/mol. The number of hydrogen-bond donors (Lipinski definition) is 1. The van der Waals surface area contributed by atoms with Crippen molar-refractivity contribution in [3.05, 3.63) is 70.4 Å². The van der Waals surface area contributed by atoms with E-state index >= 15 is 0 Å². The van der Waals surface area contributed by atoms with E-state index in [0.29, 0.717) is 24.6 Å². The summed E-state index contributed by atoms with van der Waals surface area (Å²) in [7, 11) is 0. The van der Waals surface area contributed by atoms with Crippen molar-refractivity contribution in [3.8, 4) is 0 Å². The van der Waals surface area contributed by atoms with Gasteiger partial charge in [-0.1, -0.05) is 55.3 Å². The maximum atomic E-state index is 13.6. The number of nitrogens with one attached hydrogen (secondary N) is 1. The smallest absolute Gasteiger partial charge is 0.246 e. The van der Waals surface area contributed by atoms with E-state index < -0.39 is 6.04 Å². The van der Waals surface area contributed by atoms with Crippen LogP contribution < -0.4 is 0 Å². The number of carbonyl (C=O) groups is 2. The molecule has 0 saturated carbocycles. The number of hydrogen-bond acceptors (Lipinski definition) is 3. The lowest BCUT2D eigenvalue weighted by molar-refractivity contribution is -0.158. The highest BCUT2D eigenvalue weighted by atomic mass is 35.5. The van der Waals surface area contributed by atoms with E-state index in [2.05, 4.69) is 18.0 Å². The molecule has 3 heterocycles. The van der Waals surface area contributed by atoms with Crippen molar-refractivity contribution >= 4 is 34.3 Å². The quantitative estimate of drug-likeness (QED) is 0.476. The largest absolute Gasteiger partial charge is 0.381 e. The number of fused-ring (bicyclic) bond motifs is 4. The number of piperazine rings is 1. The van der Waals surface area contributed by atoms with Crippen LogP contribution in [0.5, 0.6) is 0 Å². The third-order valence-electron chi connectivity index (χ3n) is 6.89. The fourth-order valence-electron chi connectivity index (χ4n) is 5.21. The standard InChI is InChI=1S/C27H30ClN3O3/c1-2-3-14-34-15-6-13-30-17-24(32)31-23(27(30)33)16-21-20-7-4-5-8-22(20)29-25(21)26(31)18-9-11-19(28)12-10-18/h4-5,7-12,23,26,29H,2-3,6,13-17H2,1H3. The number of unbranched alkanes of at least 4 members (excludes halogenated alkanes) is 1. The lowest BCUT2D eigenvalue weighted by atomic mass is 9.86. The summed E-state index contributed by atoms with van der Waals surface area (Å²) in [6, 6.07) is 14.8. The third-order valence-corrected chi connectivity index (χ3v) is 7.14. The van der Waals surface area contributed by atoms with Crippen LogP contribution in [0.3, 0.4) is 0 Å². The molecule has 178 valence electrons. The van der Waals surface area contributed by atoms with Crippen molar-refractivity contribution in [3.63, 3.8) is 0 Å². The number of aromatic nitrogens is 1. The van der Waals surface area contributed by atoms with Gasteiger partial charge in [-0.3, -0.25) is 9.59 Å². The molecule has 3 aromatic rings. The van der Waals surface area contributed by atoms with Gasteiger partial charge >= 0.3 is 0 Å². The summed E-state index contributed by atoms with van der Waals surface area (Å²) < 4.78 is 5.65. The van der Waals surface area contributed by atoms with Gasteiger partial charge < -0.3 is 19.5 Å². The van der Waals surface area contributed by atoms with Gasteiger partial charge in [0.25, 0.3) is 0 Å². The Kier molecular flexibility index (Phi) is 6.61. The second kappa shape index (κ2) is 9.80. The highest BCUT2D eigenvalue weighted by Gasteiger charge is 2.48. The molecule has 0 spiro atoms. The molecule has 0 aliphatic carbocycles. The second-order valence-corrected chi connectivity index (χ2v) is 9.55. The number of amides is 2. The van der Waals surface area contributed by atoms with Crippen molar-refractivity contribution in [2.45, 2.75) is 44.7 Å². The van der Waals surface area contributed by atoms with E-state index in [1.54, 1.807) is 9.80 Å². The fourth-order valence-corrected chi connectivity index (χ4v) is 5.34. The van der Waals surface area contributed by atoms with E-state index in [9.17, 15) is 9.59 Å². The number of ether oxygens (including phenoxy) is 1. The van der Waals surface area contributed by atoms with Gasteiger partial charge in [-0.05, 0) is 42.2 Å². The Labute approximate surface area is 204 Å². The first kappa shape index (κ1) is 22.9. The number of carbonyl (C=O) groups excluding carboxylic acids is 2. The molecular formula is C27H30ClN3O3. The number of para-hydroxylation sites is 1. The molecule has 7 heteroatoms. The SMILES string of the molecule is CCCCOCCCN1CC(=O)N2C(Cc3c([nH]c4ccccc34)C2c2ccc(Cl)cc2)C1=O. The number of halogens is 1. The molecule has 1 saturated heterocycles. The maximum absolute atomic E-state index is 13.6. The minimum Gasteiger partial charge on any atom is -0.381 e. The maximum Gasteiger partial charge on any atom is 0.246 e. The molecule has 2 aliphatic rings. The molecule has 1 fully saturated rings. The Morgan fingerprint density at radius 2 is 1.82 bits per heavy atom. The van der Waals surface area contributed by atoms with E-state index in [1.807, 2.05) is 42.5 Å². The predicted octanol–water partition coefficient (Wildman–Crippen LogP) is 4.71. The Bertz CT molecular complexity index is 1190. The van der Waals surface area contributed by atoms with Gasteiger partial charge in [-0.2, -0.15) is 0 Å². The van der Waals surface area contributed by atoms with Crippen LogP contribution in [0.1, 0.15) is 49.0 Å². The van der Waals surface area contributed by atoms with Gasteiger partial charge in [0.2, 0.25) is 11.8 Å². The van der Waals surface area contributed by atoms with Crippen LogP contribution in [-0.4, -0.2) is 58.9 Å². The summed E-state index contributed by atoms with van der Waals surface area (Å²) in [6.07, 6.45) is 3.38. The molecular weight excluding hydrogens is 450 g/mol. The average Bonchev–Trinajstić information content (AvgIpc) is 3.22. The van der Waals surface area contributed by atoms with Gasteiger partial charge in [0.05, 0.1) is 12.6 Å². The van der Waals surface area contributed by atoms with Crippen molar-refractivity contribution in [2.75, 3.05) is 26.3 Å². The number of aromatic amines is 1. The minimum absolute atomic E-state index is 0.0167. The molecule has 0 radical (unpaired) electrons. The lowest BCUT2D eigenvalue weighted by Gasteiger charge is -2.47. The van der Waals surface area contributed by atoms with Crippen LogP contribution in [0.2, 0.25) is 5.02 Å². The molecule has 2 amide bonds. The van der Waals surface area contributed by atoms with Crippen LogP contribution >= 0.6 is 11.6 Å². The van der Waals surface area contributed by atoms with Gasteiger partial charge in [-0.15, -0.1) is 0 Å². The van der Waals surface area contributed by atoms with Gasteiger partial charge in [0.15, 0.2) is 0 Å². The van der Waals surface area contributed by atoms with Gasteiger partial charge in [0.1, 0.15) is 6.04 Å². The molecule has 6 nitrogen and oxygen atoms in total. The molecule has 1 N–H and O–H groups in total. The zero-order valence-corrected chi connectivity index (χ0v) is 20.2. The molecule has 5 rings (SSSR count). The summed E-state index contributed by atoms with van der Waals surface area (Å²) in [6.45, 7) is 4.11. The minimum atomic E-state index is -0.519. The molecule has 1 aromatic heterocycles. The van der Waals surface area contributed by atoms with E-state index in [1.165, 1.54) is 0 Å². The molecule has 2 atom stereocenters. The van der Waals surface area contributed by atoms with Crippen LogP contribution in [0, 0.1) is 0 Å². The molecule has 2 aromatic carbocycles. The van der Waals surface area contributed by atoms with Crippen molar-refractivity contribution < 1.29 is 14.3 Å². The van der Waals surface area contributed by atoms with E-state index in [4.69, 9.17) is 16.3 Å². The van der Waals surface area contributed by atoms with E-state index in [-0.39, 0.29) is 24.4 Å². The molecule has 2 unspecified atom stereocenters. The molecule has 34 heavy (non-hydrogen) atoms. The van der Waals surface area contributed by atoms with E-state index in [0.717, 1.165) is 53.6 Å². The summed E-state index contributed by atoms with van der Waals surface area (Å²) in [5.74, 6) is -0.0104. The van der Waals surface area contributed by atoms with Crippen molar-refractivity contribution in [2.24, 2.45) is 0 Å². The molecule has 0 bridgehead atoms. The number of H-pyrrole nitrogens is 1. The Morgan fingerprint density at radius 3 is 2.62 bits per heavy atom. The first-order chi connectivity index (χ1) is 16.6. The highest BCUT2D eigenvalue weighted by molar-refractivity contribution is 6.30. The van der Waals surface area contributed by atoms with Crippen molar-refractivity contribution in [1.82, 2.24) is 14.8 Å². The molecule has 2 aliphatic heterocycles. The zero-order valence-electron chi connectivity index (χ0n) is 19.4. The summed E-state index contributed by atoms with van der Waals surface area (Å²) >= 11 is 6.15.